The van der Waals surface area contributed by atoms with Crippen molar-refractivity contribution in [2.75, 3.05) is 13.6 Å². The summed E-state index contributed by atoms with van der Waals surface area (Å²) < 4.78 is 11.8. The Labute approximate surface area is 221 Å². The molecular weight excluding hydrogens is 489 g/mol. The van der Waals surface area contributed by atoms with Crippen molar-refractivity contribution < 1.29 is 32.9 Å². The normalized spacial score (nSPS) is 26.1. The molecule has 2 unspecified atom stereocenters. The average Bonchev–Trinajstić information content (AvgIpc) is 3.15. The van der Waals surface area contributed by atoms with E-state index in [2.05, 4.69) is 20.6 Å². The molecule has 2 fully saturated rings. The Hall–Kier alpha value is -3.80. The molecule has 0 saturated carbocycles. The highest BCUT2D eigenvalue weighted by molar-refractivity contribution is 6.67. The summed E-state index contributed by atoms with van der Waals surface area (Å²) in [6, 6.07) is 8.06. The molecule has 1 aromatic carbocycles. The monoisotopic (exact) mass is 523 g/mol. The number of carbonyl (C=O) groups excluding carboxylic acids is 4. The van der Waals surface area contributed by atoms with Gasteiger partial charge in [0.25, 0.3) is 11.9 Å². The van der Waals surface area contributed by atoms with E-state index in [1.54, 1.807) is 0 Å². The summed E-state index contributed by atoms with van der Waals surface area (Å²) in [6.07, 6.45) is 4.91. The van der Waals surface area contributed by atoms with E-state index in [1.165, 1.54) is 18.6 Å². The van der Waals surface area contributed by atoms with Crippen molar-refractivity contribution in [3.8, 4) is 0 Å². The van der Waals surface area contributed by atoms with Gasteiger partial charge in [-0.3, -0.25) is 24.2 Å². The highest BCUT2D eigenvalue weighted by Gasteiger charge is 2.68. The molecule has 2 N–H and O–H groups in total. The molecule has 38 heavy (non-hydrogen) atoms. The fourth-order valence-corrected chi connectivity index (χ4v) is 5.50. The van der Waals surface area contributed by atoms with Gasteiger partial charge >= 0.3 is 12.7 Å². The zero-order valence-corrected chi connectivity index (χ0v) is 22.1. The van der Waals surface area contributed by atoms with Gasteiger partial charge in [-0.15, -0.1) is 0 Å². The van der Waals surface area contributed by atoms with Crippen molar-refractivity contribution in [2.45, 2.75) is 58.1 Å². The lowest BCUT2D eigenvalue weighted by molar-refractivity contribution is -0.840. The molecule has 2 aliphatic rings. The Balaban J connectivity index is 1.66. The molecule has 12 heteroatoms. The minimum absolute atomic E-state index is 0.0375. The van der Waals surface area contributed by atoms with Crippen molar-refractivity contribution in [2.24, 2.45) is 5.92 Å². The van der Waals surface area contributed by atoms with Crippen LogP contribution in [0.4, 0.5) is 0 Å². The third-order valence-corrected chi connectivity index (χ3v) is 7.62. The molecule has 5 atom stereocenters. The van der Waals surface area contributed by atoms with E-state index >= 15 is 0 Å². The molecule has 4 rings (SSSR count). The first kappa shape index (κ1) is 27.2. The van der Waals surface area contributed by atoms with E-state index < -0.39 is 42.4 Å². The molecule has 2 aliphatic heterocycles. The van der Waals surface area contributed by atoms with Gasteiger partial charge in [0.05, 0.1) is 24.6 Å². The summed E-state index contributed by atoms with van der Waals surface area (Å²) in [5.41, 5.74) is 0.908. The van der Waals surface area contributed by atoms with Crippen molar-refractivity contribution in [1.82, 2.24) is 20.6 Å². The third kappa shape index (κ3) is 5.40. The van der Waals surface area contributed by atoms with E-state index in [0.717, 1.165) is 5.56 Å². The van der Waals surface area contributed by atoms with Gasteiger partial charge in [0.2, 0.25) is 5.91 Å². The second-order valence-electron chi connectivity index (χ2n) is 10.8. The van der Waals surface area contributed by atoms with Crippen LogP contribution in [0, 0.1) is 5.92 Å². The summed E-state index contributed by atoms with van der Waals surface area (Å²) in [5, 5.41) is 5.78. The van der Waals surface area contributed by atoms with Gasteiger partial charge in [-0.1, -0.05) is 44.2 Å². The van der Waals surface area contributed by atoms with Crippen LogP contribution in [0.25, 0.3) is 0 Å². The standard InChI is InChI=1S/C26H34BN5O6/c1-17(2)12-22(27-32(4,16-24(34)38-27)18(3)13-23(33)37-27)31-25(35)20(14-19-8-6-5-7-9-19)30-26(36)21-15-28-10-11-29-21/h5-11,15,17-18,20,22H,12-14,16H2,1-4H3,(H,30,36)(H,31,35)/t18-,20-,22-,27?,32?/m0/s1. The Morgan fingerprint density at radius 3 is 2.47 bits per heavy atom. The topological polar surface area (TPSA) is 137 Å². The highest BCUT2D eigenvalue weighted by Crippen LogP contribution is 2.40. The summed E-state index contributed by atoms with van der Waals surface area (Å²) in [6.45, 7) is 3.26. The lowest BCUT2D eigenvalue weighted by atomic mass is 9.55. The van der Waals surface area contributed by atoms with Gasteiger partial charge in [0.15, 0.2) is 0 Å². The van der Waals surface area contributed by atoms with Crippen LogP contribution in [-0.4, -0.2) is 76.4 Å². The Kier molecular flexibility index (Phi) is 7.82. The largest absolute Gasteiger partial charge is 0.605 e. The first-order valence-corrected chi connectivity index (χ1v) is 12.9. The number of amides is 2. The van der Waals surface area contributed by atoms with Crippen molar-refractivity contribution in [3.63, 3.8) is 0 Å². The van der Waals surface area contributed by atoms with Crippen molar-refractivity contribution in [3.05, 3.63) is 60.2 Å². The second kappa shape index (κ2) is 10.9. The molecule has 2 aromatic rings. The van der Waals surface area contributed by atoms with Crippen LogP contribution < -0.4 is 10.6 Å². The van der Waals surface area contributed by atoms with Gasteiger partial charge in [0, 0.05) is 25.9 Å². The van der Waals surface area contributed by atoms with Crippen LogP contribution in [0.2, 0.25) is 0 Å². The maximum absolute atomic E-state index is 13.8. The third-order valence-electron chi connectivity index (χ3n) is 7.62. The summed E-state index contributed by atoms with van der Waals surface area (Å²) in [7, 11) is 1.83. The first-order valence-electron chi connectivity index (χ1n) is 12.9. The smallest absolute Gasteiger partial charge is 0.603 e. The minimum atomic E-state index is -2.60. The van der Waals surface area contributed by atoms with E-state index in [1.807, 2.05) is 58.2 Å². The molecule has 0 radical (unpaired) electrons. The molecule has 11 nitrogen and oxygen atoms in total. The van der Waals surface area contributed by atoms with Crippen LogP contribution >= 0.6 is 0 Å². The van der Waals surface area contributed by atoms with E-state index in [9.17, 15) is 19.2 Å². The number of rotatable bonds is 9. The molecule has 202 valence electrons. The molecule has 1 aromatic heterocycles. The summed E-state index contributed by atoms with van der Waals surface area (Å²) >= 11 is 0. The number of likely N-dealkylation sites (N-methyl/N-ethyl adjacent to an activating group) is 1. The van der Waals surface area contributed by atoms with Gasteiger partial charge in [0.1, 0.15) is 18.3 Å². The quantitative estimate of drug-likeness (QED) is 0.468. The van der Waals surface area contributed by atoms with Crippen LogP contribution in [0.5, 0.6) is 0 Å². The maximum atomic E-state index is 13.8. The van der Waals surface area contributed by atoms with Crippen molar-refractivity contribution >= 4 is 30.4 Å². The van der Waals surface area contributed by atoms with Crippen LogP contribution in [0.15, 0.2) is 48.9 Å². The average molecular weight is 523 g/mol. The molecule has 0 aliphatic carbocycles. The van der Waals surface area contributed by atoms with Gasteiger partial charge < -0.3 is 24.3 Å². The number of carbonyl (C=O) groups is 4. The fraction of sp³-hybridized carbons (Fsp3) is 0.462. The predicted octanol–water partition coefficient (Wildman–Crippen LogP) is 1.17. The van der Waals surface area contributed by atoms with Crippen LogP contribution in [0.3, 0.4) is 0 Å². The fourth-order valence-electron chi connectivity index (χ4n) is 5.50. The Morgan fingerprint density at radius 2 is 1.82 bits per heavy atom. The molecule has 3 heterocycles. The number of aromatic nitrogens is 2. The summed E-state index contributed by atoms with van der Waals surface area (Å²) in [5.74, 6) is -2.71. The molecular formula is C26H34BN5O6. The Morgan fingerprint density at radius 1 is 1.11 bits per heavy atom. The predicted molar refractivity (Wildman–Crippen MR) is 138 cm³/mol. The minimum Gasteiger partial charge on any atom is -0.603 e. The number of quaternary nitrogens is 1. The number of hydrogen-bond acceptors (Lipinski definition) is 8. The zero-order chi connectivity index (χ0) is 27.5. The Bertz CT molecular complexity index is 1200. The SMILES string of the molecule is CC(C)C[C@H](NC(=O)[C@H](Cc1ccccc1)NC(=O)c1cnccn1)[B-]12OC(=O)C[C@H](C)[N+]1(C)CC(=O)O2. The van der Waals surface area contributed by atoms with Crippen LogP contribution in [0.1, 0.15) is 49.7 Å². The van der Waals surface area contributed by atoms with Gasteiger partial charge in [-0.05, 0) is 24.8 Å². The number of nitrogens with one attached hydrogen (secondary N) is 2. The molecule has 0 spiro atoms. The molecule has 0 bridgehead atoms. The van der Waals surface area contributed by atoms with Crippen LogP contribution in [-0.2, 0) is 30.1 Å². The zero-order valence-electron chi connectivity index (χ0n) is 22.1. The number of fused-ring (bicyclic) bond motifs is 1. The lowest BCUT2D eigenvalue weighted by Gasteiger charge is -2.57. The van der Waals surface area contributed by atoms with Gasteiger partial charge in [-0.25, -0.2) is 4.98 Å². The van der Waals surface area contributed by atoms with E-state index in [4.69, 9.17) is 9.31 Å². The number of benzene rings is 1. The van der Waals surface area contributed by atoms with E-state index in [-0.39, 0.29) is 41.4 Å². The highest BCUT2D eigenvalue weighted by atomic mass is 16.7. The van der Waals surface area contributed by atoms with Crippen molar-refractivity contribution in [1.29, 1.82) is 0 Å². The number of nitrogens with zero attached hydrogens (tertiary/aromatic N) is 3. The van der Waals surface area contributed by atoms with E-state index in [0.29, 0.717) is 6.42 Å². The maximum Gasteiger partial charge on any atom is 0.605 e. The second-order valence-corrected chi connectivity index (χ2v) is 10.8. The molecule has 2 saturated heterocycles. The number of hydrogen-bond donors (Lipinski definition) is 2. The van der Waals surface area contributed by atoms with Gasteiger partial charge in [-0.2, -0.15) is 0 Å². The lowest BCUT2D eigenvalue weighted by Crippen LogP contribution is -2.80. The first-order chi connectivity index (χ1) is 18.0. The molecule has 2 amide bonds. The summed E-state index contributed by atoms with van der Waals surface area (Å²) in [4.78, 5) is 60.0.